The Bertz CT molecular complexity index is 656. The van der Waals surface area contributed by atoms with Crippen LogP contribution < -0.4 is 5.73 Å². The van der Waals surface area contributed by atoms with Crippen molar-refractivity contribution in [2.24, 2.45) is 0 Å². The molecule has 3 N–H and O–H groups in total. The highest BCUT2D eigenvalue weighted by Crippen LogP contribution is 2.30. The predicted molar refractivity (Wildman–Crippen MR) is 75.0 cm³/mol. The summed E-state index contributed by atoms with van der Waals surface area (Å²) in [5, 5.41) is 9.22. The molecule has 3 rings (SSSR count). The Hall–Kier alpha value is -2.40. The summed E-state index contributed by atoms with van der Waals surface area (Å²) in [6.45, 7) is 2.01. The number of carbonyl (C=O) groups is 1. The number of carboxylic acid groups (broad SMARTS) is 1. The van der Waals surface area contributed by atoms with Crippen LogP contribution in [0.2, 0.25) is 0 Å². The largest absolute Gasteiger partial charge is 0.478 e. The van der Waals surface area contributed by atoms with Crippen LogP contribution in [0, 0.1) is 0 Å². The number of nitrogens with two attached hydrogens (primary N) is 1. The maximum Gasteiger partial charge on any atom is 0.337 e. The summed E-state index contributed by atoms with van der Waals surface area (Å²) < 4.78 is 0. The third-order valence-electron chi connectivity index (χ3n) is 3.57. The molecule has 5 nitrogen and oxygen atoms in total. The molecule has 2 aromatic rings. The lowest BCUT2D eigenvalue weighted by atomic mass is 10.1. The zero-order chi connectivity index (χ0) is 14.1. The molecule has 20 heavy (non-hydrogen) atoms. The van der Waals surface area contributed by atoms with Crippen LogP contribution in [-0.4, -0.2) is 21.0 Å². The van der Waals surface area contributed by atoms with Crippen molar-refractivity contribution in [1.82, 2.24) is 9.88 Å². The average molecular weight is 269 g/mol. The van der Waals surface area contributed by atoms with Gasteiger partial charge in [0.25, 0.3) is 0 Å². The molecular formula is C15H15N3O2. The predicted octanol–water partition coefficient (Wildman–Crippen LogP) is 1.88. The van der Waals surface area contributed by atoms with Crippen molar-refractivity contribution in [2.75, 3.05) is 5.73 Å². The van der Waals surface area contributed by atoms with Crippen LogP contribution in [0.4, 0.5) is 5.82 Å². The van der Waals surface area contributed by atoms with E-state index in [1.807, 2.05) is 18.2 Å². The number of rotatable bonds is 3. The first-order chi connectivity index (χ1) is 9.65. The normalized spacial score (nSPS) is 14.2. The number of nitrogens with zero attached hydrogens (tertiary/aromatic N) is 2. The fourth-order valence-electron chi connectivity index (χ4n) is 2.60. The highest BCUT2D eigenvalue weighted by molar-refractivity contribution is 5.90. The van der Waals surface area contributed by atoms with E-state index in [1.165, 1.54) is 11.8 Å². The van der Waals surface area contributed by atoms with Gasteiger partial charge < -0.3 is 10.8 Å². The molecule has 1 aliphatic heterocycles. The molecule has 0 amide bonds. The Kier molecular flexibility index (Phi) is 3.12. The number of hydrogen-bond acceptors (Lipinski definition) is 4. The lowest BCUT2D eigenvalue weighted by Gasteiger charge is -2.14. The van der Waals surface area contributed by atoms with Crippen LogP contribution >= 0.6 is 0 Å². The SMILES string of the molecule is Nc1ncc(C(=O)O)c2c1CN(Cc1ccccc1)C2. The van der Waals surface area contributed by atoms with Gasteiger partial charge in [-0.25, -0.2) is 9.78 Å². The van der Waals surface area contributed by atoms with Crippen LogP contribution in [-0.2, 0) is 19.6 Å². The number of nitrogen functional groups attached to an aromatic ring is 1. The van der Waals surface area contributed by atoms with E-state index in [-0.39, 0.29) is 5.56 Å². The second-order valence-corrected chi connectivity index (χ2v) is 4.95. The summed E-state index contributed by atoms with van der Waals surface area (Å²) in [5.74, 6) is -0.518. The molecule has 1 aromatic heterocycles. The van der Waals surface area contributed by atoms with Gasteiger partial charge in [0, 0.05) is 31.4 Å². The molecule has 0 fully saturated rings. The second-order valence-electron chi connectivity index (χ2n) is 4.95. The van der Waals surface area contributed by atoms with Crippen molar-refractivity contribution < 1.29 is 9.90 Å². The molecular weight excluding hydrogens is 254 g/mol. The van der Waals surface area contributed by atoms with Crippen molar-refractivity contribution >= 4 is 11.8 Å². The van der Waals surface area contributed by atoms with E-state index in [0.29, 0.717) is 18.9 Å². The molecule has 5 heteroatoms. The van der Waals surface area contributed by atoms with Gasteiger partial charge >= 0.3 is 5.97 Å². The number of carboxylic acids is 1. The van der Waals surface area contributed by atoms with Gasteiger partial charge in [0.2, 0.25) is 0 Å². The Morgan fingerprint density at radius 1 is 1.25 bits per heavy atom. The smallest absolute Gasteiger partial charge is 0.337 e. The third kappa shape index (κ3) is 2.23. The van der Waals surface area contributed by atoms with Gasteiger partial charge in [-0.15, -0.1) is 0 Å². The van der Waals surface area contributed by atoms with Gasteiger partial charge in [-0.3, -0.25) is 4.90 Å². The van der Waals surface area contributed by atoms with Gasteiger partial charge in [0.1, 0.15) is 5.82 Å². The van der Waals surface area contributed by atoms with Crippen molar-refractivity contribution in [3.8, 4) is 0 Å². The van der Waals surface area contributed by atoms with Gasteiger partial charge in [-0.1, -0.05) is 30.3 Å². The van der Waals surface area contributed by atoms with Crippen molar-refractivity contribution in [3.63, 3.8) is 0 Å². The van der Waals surface area contributed by atoms with E-state index >= 15 is 0 Å². The lowest BCUT2D eigenvalue weighted by Crippen LogP contribution is -2.16. The topological polar surface area (TPSA) is 79.4 Å². The standard InChI is InChI=1S/C15H15N3O2/c16-14-13-9-18(7-10-4-2-1-3-5-10)8-12(13)11(6-17-14)15(19)20/h1-6H,7-9H2,(H2,16,17)(H,19,20). The van der Waals surface area contributed by atoms with Gasteiger partial charge in [0.15, 0.2) is 0 Å². The van der Waals surface area contributed by atoms with E-state index in [2.05, 4.69) is 22.0 Å². The number of benzene rings is 1. The Morgan fingerprint density at radius 2 is 1.95 bits per heavy atom. The summed E-state index contributed by atoms with van der Waals surface area (Å²) in [6.07, 6.45) is 1.35. The number of hydrogen-bond donors (Lipinski definition) is 2. The summed E-state index contributed by atoms with van der Waals surface area (Å²) in [5.41, 5.74) is 8.96. The van der Waals surface area contributed by atoms with E-state index in [9.17, 15) is 9.90 Å². The molecule has 0 aliphatic carbocycles. The molecule has 1 aliphatic rings. The van der Waals surface area contributed by atoms with E-state index < -0.39 is 5.97 Å². The number of anilines is 1. The van der Waals surface area contributed by atoms with Crippen LogP contribution in [0.3, 0.4) is 0 Å². The molecule has 0 spiro atoms. The molecule has 0 atom stereocenters. The van der Waals surface area contributed by atoms with Gasteiger partial charge in [-0.2, -0.15) is 0 Å². The number of aromatic carboxylic acids is 1. The molecule has 2 heterocycles. The summed E-state index contributed by atoms with van der Waals surface area (Å²) >= 11 is 0. The Morgan fingerprint density at radius 3 is 2.65 bits per heavy atom. The summed E-state index contributed by atoms with van der Waals surface area (Å²) in [6, 6.07) is 10.1. The zero-order valence-corrected chi connectivity index (χ0v) is 10.9. The van der Waals surface area contributed by atoms with Gasteiger partial charge in [-0.05, 0) is 11.1 Å². The molecule has 102 valence electrons. The van der Waals surface area contributed by atoms with E-state index in [1.54, 1.807) is 0 Å². The first kappa shape index (κ1) is 12.6. The van der Waals surface area contributed by atoms with E-state index in [0.717, 1.165) is 17.7 Å². The fraction of sp³-hybridized carbons (Fsp3) is 0.200. The maximum atomic E-state index is 11.2. The minimum atomic E-state index is -0.949. The molecule has 1 aromatic carbocycles. The molecule has 0 saturated heterocycles. The van der Waals surface area contributed by atoms with Gasteiger partial charge in [0.05, 0.1) is 5.56 Å². The maximum absolute atomic E-state index is 11.2. The molecule has 0 saturated carbocycles. The highest BCUT2D eigenvalue weighted by atomic mass is 16.4. The Labute approximate surface area is 116 Å². The monoisotopic (exact) mass is 269 g/mol. The summed E-state index contributed by atoms with van der Waals surface area (Å²) in [7, 11) is 0. The van der Waals surface area contributed by atoms with Crippen LogP contribution in [0.1, 0.15) is 27.0 Å². The lowest BCUT2D eigenvalue weighted by molar-refractivity contribution is 0.0695. The van der Waals surface area contributed by atoms with Crippen molar-refractivity contribution in [1.29, 1.82) is 0 Å². The van der Waals surface area contributed by atoms with Crippen LogP contribution in [0.5, 0.6) is 0 Å². The average Bonchev–Trinajstić information content (AvgIpc) is 2.84. The first-order valence-electron chi connectivity index (χ1n) is 6.41. The highest BCUT2D eigenvalue weighted by Gasteiger charge is 2.26. The number of aromatic nitrogens is 1. The first-order valence-corrected chi connectivity index (χ1v) is 6.41. The third-order valence-corrected chi connectivity index (χ3v) is 3.57. The quantitative estimate of drug-likeness (QED) is 0.889. The van der Waals surface area contributed by atoms with Crippen LogP contribution in [0.15, 0.2) is 36.5 Å². The Balaban J connectivity index is 1.87. The van der Waals surface area contributed by atoms with Crippen LogP contribution in [0.25, 0.3) is 0 Å². The fourth-order valence-corrected chi connectivity index (χ4v) is 2.60. The van der Waals surface area contributed by atoms with E-state index in [4.69, 9.17) is 5.73 Å². The minimum absolute atomic E-state index is 0.254. The number of fused-ring (bicyclic) bond motifs is 1. The second kappa shape index (κ2) is 4.94. The molecule has 0 radical (unpaired) electrons. The molecule has 0 bridgehead atoms. The number of pyridine rings is 1. The molecule has 0 unspecified atom stereocenters. The van der Waals surface area contributed by atoms with Crippen molar-refractivity contribution in [2.45, 2.75) is 19.6 Å². The summed E-state index contributed by atoms with van der Waals surface area (Å²) in [4.78, 5) is 17.4. The van der Waals surface area contributed by atoms with Crippen molar-refractivity contribution in [3.05, 3.63) is 58.8 Å². The zero-order valence-electron chi connectivity index (χ0n) is 10.9. The minimum Gasteiger partial charge on any atom is -0.478 e.